The Morgan fingerprint density at radius 2 is 1.56 bits per heavy atom. The molecule has 0 bridgehead atoms. The van der Waals surface area contributed by atoms with Crippen LogP contribution in [-0.4, -0.2) is 42.8 Å². The lowest BCUT2D eigenvalue weighted by Gasteiger charge is -2.40. The third-order valence-corrected chi connectivity index (χ3v) is 6.09. The van der Waals surface area contributed by atoms with E-state index in [1.165, 1.54) is 6.92 Å². The molecule has 3 aromatic rings. The molecule has 0 radical (unpaired) electrons. The van der Waals surface area contributed by atoms with E-state index in [0.717, 1.165) is 42.5 Å². The van der Waals surface area contributed by atoms with E-state index in [2.05, 4.69) is 15.1 Å². The molecule has 1 amide bonds. The summed E-state index contributed by atoms with van der Waals surface area (Å²) in [5, 5.41) is 3.76. The van der Waals surface area contributed by atoms with E-state index >= 15 is 0 Å². The molecule has 1 atom stereocenters. The highest BCUT2D eigenvalue weighted by Gasteiger charge is 2.31. The van der Waals surface area contributed by atoms with Crippen molar-refractivity contribution in [2.45, 2.75) is 13.0 Å². The molecular weight excluding hydrogens is 422 g/mol. The second-order valence-electron chi connectivity index (χ2n) is 7.91. The van der Waals surface area contributed by atoms with Crippen LogP contribution in [0.15, 0.2) is 78.9 Å². The molecule has 1 N–H and O–H groups in total. The topological polar surface area (TPSA) is 52.7 Å². The van der Waals surface area contributed by atoms with Crippen molar-refractivity contribution in [3.63, 3.8) is 0 Å². The first-order valence-electron chi connectivity index (χ1n) is 10.7. The number of piperazine rings is 1. The number of amides is 1. The number of rotatable bonds is 6. The Kier molecular flexibility index (Phi) is 6.88. The smallest absolute Gasteiger partial charge is 0.246 e. The Bertz CT molecular complexity index is 1090. The van der Waals surface area contributed by atoms with Crippen LogP contribution < -0.4 is 10.2 Å². The van der Waals surface area contributed by atoms with Crippen LogP contribution in [0, 0.1) is 0 Å². The summed E-state index contributed by atoms with van der Waals surface area (Å²) in [6, 6.07) is 24.3. The lowest BCUT2D eigenvalue weighted by atomic mass is 10.0. The number of nitrogens with zero attached hydrogens (tertiary/aromatic N) is 2. The molecule has 1 fully saturated rings. The normalized spacial score (nSPS) is 15.2. The van der Waals surface area contributed by atoms with Crippen molar-refractivity contribution in [2.24, 2.45) is 0 Å². The van der Waals surface area contributed by atoms with Crippen molar-refractivity contribution in [2.75, 3.05) is 36.4 Å². The summed E-state index contributed by atoms with van der Waals surface area (Å²) >= 11 is 6.38. The molecule has 1 aliphatic heterocycles. The number of carbonyl (C=O) groups excluding carboxylic acids is 2. The standard InChI is InChI=1S/C26H26ClN3O2/c1-19(31)21-10-7-11-22(18-21)28-26(32)25(20-8-3-2-4-9-20)30-16-14-29(15-17-30)24-13-6-5-12-23(24)27/h2-13,18,25H,14-17H2,1H3,(H,28,32)/t25-/m1/s1. The molecular formula is C26H26ClN3O2. The fourth-order valence-corrected chi connectivity index (χ4v) is 4.37. The first-order chi connectivity index (χ1) is 15.5. The van der Waals surface area contributed by atoms with Crippen LogP contribution in [0.3, 0.4) is 0 Å². The summed E-state index contributed by atoms with van der Waals surface area (Å²) in [7, 11) is 0. The van der Waals surface area contributed by atoms with Crippen molar-refractivity contribution < 1.29 is 9.59 Å². The number of ketones is 1. The predicted molar refractivity (Wildman–Crippen MR) is 129 cm³/mol. The van der Waals surface area contributed by atoms with Gasteiger partial charge in [0.2, 0.25) is 5.91 Å². The molecule has 0 unspecified atom stereocenters. The van der Waals surface area contributed by atoms with Gasteiger partial charge in [0.15, 0.2) is 5.78 Å². The van der Waals surface area contributed by atoms with Gasteiger partial charge in [-0.25, -0.2) is 0 Å². The number of nitrogens with one attached hydrogen (secondary N) is 1. The Balaban J connectivity index is 1.53. The van der Waals surface area contributed by atoms with Gasteiger partial charge in [0, 0.05) is 37.4 Å². The van der Waals surface area contributed by atoms with Gasteiger partial charge >= 0.3 is 0 Å². The number of hydrogen-bond acceptors (Lipinski definition) is 4. The zero-order valence-corrected chi connectivity index (χ0v) is 18.8. The van der Waals surface area contributed by atoms with Crippen LogP contribution >= 0.6 is 11.6 Å². The minimum absolute atomic E-state index is 0.0311. The summed E-state index contributed by atoms with van der Waals surface area (Å²) < 4.78 is 0. The average molecular weight is 448 g/mol. The highest BCUT2D eigenvalue weighted by Crippen LogP contribution is 2.29. The van der Waals surface area contributed by atoms with Crippen LogP contribution in [-0.2, 0) is 4.79 Å². The van der Waals surface area contributed by atoms with Gasteiger partial charge in [0.25, 0.3) is 0 Å². The van der Waals surface area contributed by atoms with Crippen LogP contribution in [0.2, 0.25) is 5.02 Å². The quantitative estimate of drug-likeness (QED) is 0.537. The molecule has 4 rings (SSSR count). The van der Waals surface area contributed by atoms with Crippen molar-refractivity contribution in [3.05, 3.63) is 95.0 Å². The predicted octanol–water partition coefficient (Wildman–Crippen LogP) is 5.04. The third-order valence-electron chi connectivity index (χ3n) is 5.77. The Hall–Kier alpha value is -3.15. The molecule has 164 valence electrons. The van der Waals surface area contributed by atoms with Gasteiger partial charge < -0.3 is 10.2 Å². The lowest BCUT2D eigenvalue weighted by Crippen LogP contribution is -2.50. The Morgan fingerprint density at radius 1 is 0.875 bits per heavy atom. The van der Waals surface area contributed by atoms with Crippen molar-refractivity contribution >= 4 is 34.7 Å². The largest absolute Gasteiger partial charge is 0.368 e. The fraction of sp³-hybridized carbons (Fsp3) is 0.231. The molecule has 0 aromatic heterocycles. The maximum absolute atomic E-state index is 13.4. The van der Waals surface area contributed by atoms with Gasteiger partial charge in [-0.1, -0.05) is 66.2 Å². The van der Waals surface area contributed by atoms with E-state index in [-0.39, 0.29) is 11.7 Å². The summed E-state index contributed by atoms with van der Waals surface area (Å²) in [4.78, 5) is 29.6. The third kappa shape index (κ3) is 5.01. The number of carbonyl (C=O) groups is 2. The second-order valence-corrected chi connectivity index (χ2v) is 8.32. The number of Topliss-reactive ketones (excluding diaryl/α,β-unsaturated/α-hetero) is 1. The zero-order valence-electron chi connectivity index (χ0n) is 18.0. The monoisotopic (exact) mass is 447 g/mol. The van der Waals surface area contributed by atoms with Crippen LogP contribution in [0.1, 0.15) is 28.9 Å². The maximum atomic E-state index is 13.4. The van der Waals surface area contributed by atoms with Gasteiger partial charge in [-0.3, -0.25) is 14.5 Å². The number of anilines is 2. The first kappa shape index (κ1) is 22.1. The SMILES string of the molecule is CC(=O)c1cccc(NC(=O)[C@@H](c2ccccc2)N2CCN(c3ccccc3Cl)CC2)c1. The van der Waals surface area contributed by atoms with Gasteiger partial charge in [0.1, 0.15) is 6.04 Å². The first-order valence-corrected chi connectivity index (χ1v) is 11.1. The van der Waals surface area contributed by atoms with Gasteiger partial charge in [-0.15, -0.1) is 0 Å². The minimum Gasteiger partial charge on any atom is -0.368 e. The summed E-state index contributed by atoms with van der Waals surface area (Å²) in [6.45, 7) is 4.53. The fourth-order valence-electron chi connectivity index (χ4n) is 4.12. The molecule has 1 saturated heterocycles. The summed E-state index contributed by atoms with van der Waals surface area (Å²) in [5.74, 6) is -0.139. The van der Waals surface area contributed by atoms with E-state index in [9.17, 15) is 9.59 Å². The molecule has 1 aliphatic rings. The molecule has 0 aliphatic carbocycles. The number of benzene rings is 3. The van der Waals surface area contributed by atoms with Gasteiger partial charge in [-0.2, -0.15) is 0 Å². The van der Waals surface area contributed by atoms with Gasteiger partial charge in [0.05, 0.1) is 10.7 Å². The van der Waals surface area contributed by atoms with Crippen LogP contribution in [0.4, 0.5) is 11.4 Å². The second kappa shape index (κ2) is 9.98. The van der Waals surface area contributed by atoms with E-state index in [0.29, 0.717) is 11.3 Å². The molecule has 32 heavy (non-hydrogen) atoms. The van der Waals surface area contributed by atoms with Crippen molar-refractivity contribution in [3.8, 4) is 0 Å². The molecule has 1 heterocycles. The number of hydrogen-bond donors (Lipinski definition) is 1. The lowest BCUT2D eigenvalue weighted by molar-refractivity contribution is -0.121. The van der Waals surface area contributed by atoms with E-state index in [4.69, 9.17) is 11.6 Å². The zero-order chi connectivity index (χ0) is 22.5. The van der Waals surface area contributed by atoms with E-state index in [1.807, 2.05) is 60.7 Å². The molecule has 5 nitrogen and oxygen atoms in total. The Labute approximate surface area is 193 Å². The van der Waals surface area contributed by atoms with Gasteiger partial charge in [-0.05, 0) is 36.8 Å². The molecule has 3 aromatic carbocycles. The summed E-state index contributed by atoms with van der Waals surface area (Å²) in [6.07, 6.45) is 0. The van der Waals surface area contributed by atoms with E-state index < -0.39 is 6.04 Å². The molecule has 6 heteroatoms. The maximum Gasteiger partial charge on any atom is 0.246 e. The summed E-state index contributed by atoms with van der Waals surface area (Å²) in [5.41, 5.74) is 3.17. The van der Waals surface area contributed by atoms with Crippen LogP contribution in [0.5, 0.6) is 0 Å². The number of para-hydroxylation sites is 1. The van der Waals surface area contributed by atoms with Crippen LogP contribution in [0.25, 0.3) is 0 Å². The highest BCUT2D eigenvalue weighted by molar-refractivity contribution is 6.33. The van der Waals surface area contributed by atoms with Crippen molar-refractivity contribution in [1.29, 1.82) is 0 Å². The molecule has 0 saturated carbocycles. The number of halogens is 1. The Morgan fingerprint density at radius 3 is 2.25 bits per heavy atom. The van der Waals surface area contributed by atoms with E-state index in [1.54, 1.807) is 18.2 Å². The van der Waals surface area contributed by atoms with Crippen molar-refractivity contribution in [1.82, 2.24) is 4.90 Å². The highest BCUT2D eigenvalue weighted by atomic mass is 35.5. The average Bonchev–Trinajstić information content (AvgIpc) is 2.81. The molecule has 0 spiro atoms. The minimum atomic E-state index is -0.425.